The van der Waals surface area contributed by atoms with E-state index in [1.54, 1.807) is 19.4 Å². The third-order valence-corrected chi connectivity index (χ3v) is 2.84. The summed E-state index contributed by atoms with van der Waals surface area (Å²) in [6.45, 7) is 2.10. The zero-order valence-corrected chi connectivity index (χ0v) is 11.1. The van der Waals surface area contributed by atoms with Gasteiger partial charge in [-0.2, -0.15) is 0 Å². The number of hydrogen-bond acceptors (Lipinski definition) is 6. The molecule has 0 aromatic carbocycles. The van der Waals surface area contributed by atoms with Crippen LogP contribution in [0.3, 0.4) is 0 Å². The highest BCUT2D eigenvalue weighted by Gasteiger charge is 2.09. The maximum absolute atomic E-state index is 12.1. The fraction of sp³-hybridized carbons (Fsp3) is 0.250. The van der Waals surface area contributed by atoms with Crippen molar-refractivity contribution in [2.45, 2.75) is 13.5 Å². The van der Waals surface area contributed by atoms with Crippen LogP contribution in [0.15, 0.2) is 29.5 Å². The Kier molecular flexibility index (Phi) is 2.90. The third kappa shape index (κ3) is 2.11. The number of nitrogens with zero attached hydrogens (tertiary/aromatic N) is 6. The van der Waals surface area contributed by atoms with Crippen LogP contribution in [0.1, 0.15) is 11.5 Å². The molecule has 3 rings (SSSR count). The van der Waals surface area contributed by atoms with Gasteiger partial charge in [-0.25, -0.2) is 23.8 Å². The molecule has 3 heterocycles. The van der Waals surface area contributed by atoms with Gasteiger partial charge in [-0.1, -0.05) is 0 Å². The fourth-order valence-corrected chi connectivity index (χ4v) is 1.95. The number of aromatic nitrogens is 6. The summed E-state index contributed by atoms with van der Waals surface area (Å²) in [7, 11) is 1.79. The first-order chi connectivity index (χ1) is 9.67. The van der Waals surface area contributed by atoms with Gasteiger partial charge in [-0.3, -0.25) is 4.98 Å². The number of rotatable bonds is 3. The van der Waals surface area contributed by atoms with Crippen LogP contribution in [0.5, 0.6) is 0 Å². The van der Waals surface area contributed by atoms with Gasteiger partial charge in [0.25, 0.3) is 0 Å². The fourth-order valence-electron chi connectivity index (χ4n) is 1.95. The minimum Gasteiger partial charge on any atom is -0.373 e. The highest BCUT2D eigenvalue weighted by Crippen LogP contribution is 2.06. The van der Waals surface area contributed by atoms with Crippen molar-refractivity contribution in [1.29, 1.82) is 0 Å². The minimum absolute atomic E-state index is 0.219. The van der Waals surface area contributed by atoms with Gasteiger partial charge in [0.05, 0.1) is 6.20 Å². The normalized spacial score (nSPS) is 10.9. The van der Waals surface area contributed by atoms with Crippen LogP contribution >= 0.6 is 0 Å². The van der Waals surface area contributed by atoms with Gasteiger partial charge in [0.15, 0.2) is 11.5 Å². The molecule has 0 aliphatic carbocycles. The molecule has 0 saturated heterocycles. The molecule has 3 aromatic heterocycles. The van der Waals surface area contributed by atoms with E-state index in [0.29, 0.717) is 17.3 Å². The lowest BCUT2D eigenvalue weighted by molar-refractivity contribution is 0.630. The standard InChI is InChI=1S/C12H13N7O/c1-8-5-9(13-2)16-10(15-8)7-19-12(20)18-4-3-14-6-11(18)17-19/h3-6H,7H2,1-2H3,(H,13,15,16). The average Bonchev–Trinajstić information content (AvgIpc) is 2.75. The second-order valence-corrected chi connectivity index (χ2v) is 4.31. The molecule has 0 fully saturated rings. The topological polar surface area (TPSA) is 90.0 Å². The second-order valence-electron chi connectivity index (χ2n) is 4.31. The molecule has 0 amide bonds. The lowest BCUT2D eigenvalue weighted by Gasteiger charge is -2.04. The second kappa shape index (κ2) is 4.72. The van der Waals surface area contributed by atoms with Gasteiger partial charge in [0.2, 0.25) is 0 Å². The molecule has 0 bridgehead atoms. The molecule has 0 saturated carbocycles. The number of nitrogens with one attached hydrogen (secondary N) is 1. The Hall–Kier alpha value is -2.77. The van der Waals surface area contributed by atoms with Crippen LogP contribution < -0.4 is 11.0 Å². The Balaban J connectivity index is 2.03. The van der Waals surface area contributed by atoms with E-state index in [0.717, 1.165) is 5.69 Å². The quantitative estimate of drug-likeness (QED) is 0.725. The van der Waals surface area contributed by atoms with E-state index in [1.165, 1.54) is 15.3 Å². The average molecular weight is 271 g/mol. The Morgan fingerprint density at radius 2 is 2.20 bits per heavy atom. The molecule has 3 aromatic rings. The van der Waals surface area contributed by atoms with E-state index in [1.807, 2.05) is 13.0 Å². The van der Waals surface area contributed by atoms with E-state index >= 15 is 0 Å². The largest absolute Gasteiger partial charge is 0.373 e. The Morgan fingerprint density at radius 3 is 2.95 bits per heavy atom. The van der Waals surface area contributed by atoms with Gasteiger partial charge in [-0.15, -0.1) is 5.10 Å². The highest BCUT2D eigenvalue weighted by atomic mass is 16.2. The first kappa shape index (κ1) is 12.3. The maximum Gasteiger partial charge on any atom is 0.350 e. The first-order valence-corrected chi connectivity index (χ1v) is 6.09. The summed E-state index contributed by atoms with van der Waals surface area (Å²) in [5, 5.41) is 7.16. The smallest absolute Gasteiger partial charge is 0.350 e. The van der Waals surface area contributed by atoms with Crippen molar-refractivity contribution in [2.24, 2.45) is 0 Å². The van der Waals surface area contributed by atoms with Crippen molar-refractivity contribution >= 4 is 11.5 Å². The Morgan fingerprint density at radius 1 is 1.35 bits per heavy atom. The number of hydrogen-bond donors (Lipinski definition) is 1. The third-order valence-electron chi connectivity index (χ3n) is 2.84. The van der Waals surface area contributed by atoms with Crippen molar-refractivity contribution in [3.05, 3.63) is 46.7 Å². The van der Waals surface area contributed by atoms with Gasteiger partial charge >= 0.3 is 5.69 Å². The molecule has 1 N–H and O–H groups in total. The summed E-state index contributed by atoms with van der Waals surface area (Å²) in [5.74, 6) is 1.25. The zero-order valence-electron chi connectivity index (χ0n) is 11.1. The van der Waals surface area contributed by atoms with Crippen molar-refractivity contribution in [1.82, 2.24) is 29.1 Å². The van der Waals surface area contributed by atoms with E-state index < -0.39 is 0 Å². The summed E-state index contributed by atoms with van der Waals surface area (Å²) in [6, 6.07) is 1.83. The number of anilines is 1. The maximum atomic E-state index is 12.1. The van der Waals surface area contributed by atoms with E-state index in [9.17, 15) is 4.79 Å². The SMILES string of the molecule is CNc1cc(C)nc(Cn2nc3cnccn3c2=O)n1. The summed E-state index contributed by atoms with van der Waals surface area (Å²) in [5.41, 5.74) is 1.09. The molecule has 8 heteroatoms. The van der Waals surface area contributed by atoms with Crippen molar-refractivity contribution in [2.75, 3.05) is 12.4 Å². The number of fused-ring (bicyclic) bond motifs is 1. The summed E-state index contributed by atoms with van der Waals surface area (Å²) < 4.78 is 2.76. The predicted octanol–water partition coefficient (Wildman–Crippen LogP) is 0.0794. The molecule has 0 spiro atoms. The van der Waals surface area contributed by atoms with Crippen LogP contribution in [0.2, 0.25) is 0 Å². The van der Waals surface area contributed by atoms with E-state index in [-0.39, 0.29) is 12.2 Å². The molecule has 8 nitrogen and oxygen atoms in total. The molecule has 0 radical (unpaired) electrons. The molecular weight excluding hydrogens is 258 g/mol. The molecule has 0 aliphatic heterocycles. The zero-order chi connectivity index (χ0) is 14.1. The van der Waals surface area contributed by atoms with Crippen molar-refractivity contribution in [3.8, 4) is 0 Å². The molecular formula is C12H13N7O. The van der Waals surface area contributed by atoms with Crippen LogP contribution in [0.4, 0.5) is 5.82 Å². The minimum atomic E-state index is -0.237. The van der Waals surface area contributed by atoms with Crippen LogP contribution in [0, 0.1) is 6.92 Å². The Bertz CT molecular complexity index is 820. The van der Waals surface area contributed by atoms with Gasteiger partial charge in [-0.05, 0) is 6.92 Å². The monoisotopic (exact) mass is 271 g/mol. The van der Waals surface area contributed by atoms with Crippen LogP contribution in [-0.4, -0.2) is 36.2 Å². The van der Waals surface area contributed by atoms with Crippen LogP contribution in [-0.2, 0) is 6.54 Å². The summed E-state index contributed by atoms with van der Waals surface area (Å²) >= 11 is 0. The molecule has 102 valence electrons. The molecule has 0 atom stereocenters. The van der Waals surface area contributed by atoms with E-state index in [4.69, 9.17) is 0 Å². The summed E-state index contributed by atoms with van der Waals surface area (Å²) in [4.78, 5) is 24.7. The molecule has 0 unspecified atom stereocenters. The van der Waals surface area contributed by atoms with Gasteiger partial charge in [0.1, 0.15) is 12.4 Å². The van der Waals surface area contributed by atoms with Crippen LogP contribution in [0.25, 0.3) is 5.65 Å². The summed E-state index contributed by atoms with van der Waals surface area (Å²) in [6.07, 6.45) is 4.66. The molecule has 0 aliphatic rings. The Labute approximate surface area is 114 Å². The first-order valence-electron chi connectivity index (χ1n) is 6.09. The molecule has 20 heavy (non-hydrogen) atoms. The lowest BCUT2D eigenvalue weighted by Crippen LogP contribution is -2.22. The van der Waals surface area contributed by atoms with Crippen molar-refractivity contribution < 1.29 is 0 Å². The highest BCUT2D eigenvalue weighted by molar-refractivity contribution is 5.35. The number of aryl methyl sites for hydroxylation is 1. The lowest BCUT2D eigenvalue weighted by atomic mass is 10.4. The van der Waals surface area contributed by atoms with Gasteiger partial charge in [0, 0.05) is 31.2 Å². The van der Waals surface area contributed by atoms with Crippen molar-refractivity contribution in [3.63, 3.8) is 0 Å². The van der Waals surface area contributed by atoms with Gasteiger partial charge < -0.3 is 5.32 Å². The predicted molar refractivity (Wildman–Crippen MR) is 72.7 cm³/mol. The van der Waals surface area contributed by atoms with E-state index in [2.05, 4.69) is 25.4 Å².